The van der Waals surface area contributed by atoms with Gasteiger partial charge in [-0.15, -0.1) is 12.4 Å². The second kappa shape index (κ2) is 6.20. The maximum Gasteiger partial charge on any atom is 0.233 e. The summed E-state index contributed by atoms with van der Waals surface area (Å²) in [5.41, 5.74) is 5.43. The minimum Gasteiger partial charge on any atom is -0.329 e. The molecular formula is C12H21ClN4O. The number of aryl methyl sites for hydroxylation is 1. The van der Waals surface area contributed by atoms with Gasteiger partial charge in [0.05, 0.1) is 11.6 Å². The molecular weight excluding hydrogens is 252 g/mol. The van der Waals surface area contributed by atoms with E-state index in [0.29, 0.717) is 6.54 Å². The molecule has 1 aromatic heterocycles. The molecule has 6 heteroatoms. The lowest BCUT2D eigenvalue weighted by molar-refractivity contribution is -0.124. The van der Waals surface area contributed by atoms with E-state index in [9.17, 15) is 4.79 Å². The zero-order valence-electron chi connectivity index (χ0n) is 10.7. The van der Waals surface area contributed by atoms with Gasteiger partial charge in [-0.1, -0.05) is 12.8 Å². The molecule has 1 aromatic rings. The van der Waals surface area contributed by atoms with Crippen LogP contribution in [0.3, 0.4) is 0 Å². The molecule has 5 nitrogen and oxygen atoms in total. The first-order valence-electron chi connectivity index (χ1n) is 6.25. The number of aromatic nitrogens is 2. The number of nitrogens with one attached hydrogen (secondary N) is 1. The van der Waals surface area contributed by atoms with E-state index >= 15 is 0 Å². The molecule has 102 valence electrons. The lowest BCUT2D eigenvalue weighted by Gasteiger charge is -2.25. The van der Waals surface area contributed by atoms with E-state index in [1.165, 1.54) is 0 Å². The molecule has 2 rings (SSSR count). The molecule has 0 spiro atoms. The molecule has 0 aromatic carbocycles. The molecule has 0 saturated heterocycles. The van der Waals surface area contributed by atoms with Crippen molar-refractivity contribution in [3.8, 4) is 0 Å². The number of hydrogen-bond donors (Lipinski definition) is 2. The maximum absolute atomic E-state index is 12.3. The summed E-state index contributed by atoms with van der Waals surface area (Å²) in [4.78, 5) is 12.3. The third-order valence-electron chi connectivity index (χ3n) is 3.69. The van der Waals surface area contributed by atoms with E-state index < -0.39 is 0 Å². The standard InChI is InChI=1S/C12H20N4O.ClH/c1-2-16-10(5-8-14-16)15-11(17)12(9-13)6-3-4-7-12;/h5,8H,2-4,6-7,9,13H2,1H3,(H,15,17);1H. The highest BCUT2D eigenvalue weighted by Crippen LogP contribution is 2.38. The van der Waals surface area contributed by atoms with Gasteiger partial charge in [-0.05, 0) is 19.8 Å². The molecule has 1 fully saturated rings. The summed E-state index contributed by atoms with van der Waals surface area (Å²) < 4.78 is 1.77. The van der Waals surface area contributed by atoms with Crippen molar-refractivity contribution < 1.29 is 4.79 Å². The fraction of sp³-hybridized carbons (Fsp3) is 0.667. The number of anilines is 1. The average molecular weight is 273 g/mol. The van der Waals surface area contributed by atoms with Crippen LogP contribution in [0.1, 0.15) is 32.6 Å². The topological polar surface area (TPSA) is 72.9 Å². The minimum absolute atomic E-state index is 0. The van der Waals surface area contributed by atoms with E-state index in [2.05, 4.69) is 10.4 Å². The predicted octanol–water partition coefficient (Wildman–Crippen LogP) is 1.78. The van der Waals surface area contributed by atoms with Gasteiger partial charge in [0.25, 0.3) is 0 Å². The molecule has 1 amide bonds. The van der Waals surface area contributed by atoms with Crippen LogP contribution in [0, 0.1) is 5.41 Å². The monoisotopic (exact) mass is 272 g/mol. The molecule has 0 radical (unpaired) electrons. The van der Waals surface area contributed by atoms with Crippen LogP contribution in [0.15, 0.2) is 12.3 Å². The van der Waals surface area contributed by atoms with Gasteiger partial charge in [0.1, 0.15) is 5.82 Å². The Morgan fingerprint density at radius 1 is 1.56 bits per heavy atom. The van der Waals surface area contributed by atoms with Crippen molar-refractivity contribution in [2.24, 2.45) is 11.1 Å². The number of carbonyl (C=O) groups is 1. The van der Waals surface area contributed by atoms with Crippen LogP contribution in [0.25, 0.3) is 0 Å². The van der Waals surface area contributed by atoms with Crippen molar-refractivity contribution >= 4 is 24.1 Å². The van der Waals surface area contributed by atoms with Crippen molar-refractivity contribution in [3.63, 3.8) is 0 Å². The van der Waals surface area contributed by atoms with Gasteiger partial charge in [0.15, 0.2) is 0 Å². The lowest BCUT2D eigenvalue weighted by atomic mass is 9.85. The largest absolute Gasteiger partial charge is 0.329 e. The van der Waals surface area contributed by atoms with Crippen LogP contribution < -0.4 is 11.1 Å². The van der Waals surface area contributed by atoms with Gasteiger partial charge in [0, 0.05) is 19.2 Å². The highest BCUT2D eigenvalue weighted by atomic mass is 35.5. The van der Waals surface area contributed by atoms with Gasteiger partial charge < -0.3 is 11.1 Å². The SMILES string of the molecule is CCn1nccc1NC(=O)C1(CN)CCCC1.Cl. The molecule has 1 aliphatic rings. The van der Waals surface area contributed by atoms with Crippen LogP contribution in [0.2, 0.25) is 0 Å². The van der Waals surface area contributed by atoms with Crippen molar-refractivity contribution in [2.45, 2.75) is 39.2 Å². The van der Waals surface area contributed by atoms with Gasteiger partial charge >= 0.3 is 0 Å². The lowest BCUT2D eigenvalue weighted by Crippen LogP contribution is -2.40. The van der Waals surface area contributed by atoms with Crippen molar-refractivity contribution in [1.82, 2.24) is 9.78 Å². The van der Waals surface area contributed by atoms with Crippen molar-refractivity contribution in [2.75, 3.05) is 11.9 Å². The zero-order chi connectivity index (χ0) is 12.3. The fourth-order valence-corrected chi connectivity index (χ4v) is 2.52. The van der Waals surface area contributed by atoms with Crippen molar-refractivity contribution in [3.05, 3.63) is 12.3 Å². The Hall–Kier alpha value is -1.07. The molecule has 0 bridgehead atoms. The number of halogens is 1. The number of nitrogens with zero attached hydrogens (tertiary/aromatic N) is 2. The molecule has 3 N–H and O–H groups in total. The Morgan fingerprint density at radius 3 is 2.78 bits per heavy atom. The van der Waals surface area contributed by atoms with Crippen LogP contribution >= 0.6 is 12.4 Å². The summed E-state index contributed by atoms with van der Waals surface area (Å²) in [5, 5.41) is 7.09. The number of rotatable bonds is 4. The second-order valence-corrected chi connectivity index (χ2v) is 4.68. The molecule has 0 aliphatic heterocycles. The zero-order valence-corrected chi connectivity index (χ0v) is 11.5. The number of amides is 1. The Balaban J connectivity index is 0.00000162. The van der Waals surface area contributed by atoms with Crippen LogP contribution in [0.4, 0.5) is 5.82 Å². The molecule has 1 aliphatic carbocycles. The van der Waals surface area contributed by atoms with Gasteiger partial charge in [-0.2, -0.15) is 5.10 Å². The fourth-order valence-electron chi connectivity index (χ4n) is 2.52. The number of carbonyl (C=O) groups excluding carboxylic acids is 1. The number of nitrogens with two attached hydrogens (primary N) is 1. The van der Waals surface area contributed by atoms with Gasteiger partial charge in [-0.3, -0.25) is 4.79 Å². The maximum atomic E-state index is 12.3. The van der Waals surface area contributed by atoms with Crippen LogP contribution in [-0.2, 0) is 11.3 Å². The van der Waals surface area contributed by atoms with E-state index in [1.807, 2.05) is 13.0 Å². The summed E-state index contributed by atoms with van der Waals surface area (Å²) in [6.45, 7) is 3.17. The van der Waals surface area contributed by atoms with Crippen molar-refractivity contribution in [1.29, 1.82) is 0 Å². The molecule has 0 unspecified atom stereocenters. The predicted molar refractivity (Wildman–Crippen MR) is 73.7 cm³/mol. The molecule has 1 saturated carbocycles. The Kier molecular flexibility index (Phi) is 5.16. The van der Waals surface area contributed by atoms with Gasteiger partial charge in [-0.25, -0.2) is 4.68 Å². The van der Waals surface area contributed by atoms with E-state index in [0.717, 1.165) is 38.0 Å². The van der Waals surface area contributed by atoms with E-state index in [1.54, 1.807) is 10.9 Å². The molecule has 18 heavy (non-hydrogen) atoms. The van der Waals surface area contributed by atoms with E-state index in [4.69, 9.17) is 5.73 Å². The normalized spacial score (nSPS) is 17.2. The minimum atomic E-state index is -0.358. The second-order valence-electron chi connectivity index (χ2n) is 4.68. The highest BCUT2D eigenvalue weighted by molar-refractivity contribution is 5.95. The van der Waals surface area contributed by atoms with Gasteiger partial charge in [0.2, 0.25) is 5.91 Å². The highest BCUT2D eigenvalue weighted by Gasteiger charge is 2.40. The summed E-state index contributed by atoms with van der Waals surface area (Å²) in [5.74, 6) is 0.810. The summed E-state index contributed by atoms with van der Waals surface area (Å²) in [7, 11) is 0. The summed E-state index contributed by atoms with van der Waals surface area (Å²) in [6.07, 6.45) is 5.68. The molecule has 1 heterocycles. The Labute approximate surface area is 114 Å². The number of hydrogen-bond acceptors (Lipinski definition) is 3. The first kappa shape index (κ1) is 15.0. The smallest absolute Gasteiger partial charge is 0.233 e. The summed E-state index contributed by atoms with van der Waals surface area (Å²) >= 11 is 0. The third kappa shape index (κ3) is 2.67. The van der Waals surface area contributed by atoms with Crippen LogP contribution in [0.5, 0.6) is 0 Å². The first-order valence-corrected chi connectivity index (χ1v) is 6.25. The Morgan fingerprint density at radius 2 is 2.22 bits per heavy atom. The molecule has 0 atom stereocenters. The quantitative estimate of drug-likeness (QED) is 0.878. The summed E-state index contributed by atoms with van der Waals surface area (Å²) in [6, 6.07) is 1.82. The third-order valence-corrected chi connectivity index (χ3v) is 3.69. The van der Waals surface area contributed by atoms with E-state index in [-0.39, 0.29) is 23.7 Å². The van der Waals surface area contributed by atoms with Crippen LogP contribution in [-0.4, -0.2) is 22.2 Å². The average Bonchev–Trinajstić information content (AvgIpc) is 2.97. The first-order chi connectivity index (χ1) is 8.22. The Bertz CT molecular complexity index is 399.